The number of hydrogen-bond donors (Lipinski definition) is 2. The van der Waals surface area contributed by atoms with Gasteiger partial charge in [0.25, 0.3) is 0 Å². The van der Waals surface area contributed by atoms with Gasteiger partial charge in [-0.25, -0.2) is 0 Å². The highest BCUT2D eigenvalue weighted by Crippen LogP contribution is 2.27. The normalized spacial score (nSPS) is 12.4. The second kappa shape index (κ2) is 6.08. The van der Waals surface area contributed by atoms with Gasteiger partial charge < -0.3 is 15.2 Å². The summed E-state index contributed by atoms with van der Waals surface area (Å²) >= 11 is 1.81. The van der Waals surface area contributed by atoms with Crippen LogP contribution in [0.15, 0.2) is 30.3 Å². The van der Waals surface area contributed by atoms with Gasteiger partial charge in [0, 0.05) is 22.3 Å². The highest BCUT2D eigenvalue weighted by Gasteiger charge is 2.08. The van der Waals surface area contributed by atoms with Crippen LogP contribution in [0.4, 0.5) is 0 Å². The van der Waals surface area contributed by atoms with Gasteiger partial charge in [-0.2, -0.15) is 0 Å². The van der Waals surface area contributed by atoms with Crippen molar-refractivity contribution in [3.8, 4) is 11.5 Å². The third-order valence-electron chi connectivity index (χ3n) is 3.04. The molecule has 0 saturated heterocycles. The Bertz CT molecular complexity index is 551. The molecular formula is C15H19NO2S. The molecule has 19 heavy (non-hydrogen) atoms. The Morgan fingerprint density at radius 2 is 2.11 bits per heavy atom. The van der Waals surface area contributed by atoms with E-state index < -0.39 is 0 Å². The molecule has 1 aromatic carbocycles. The van der Waals surface area contributed by atoms with Crippen LogP contribution in [-0.2, 0) is 6.54 Å². The van der Waals surface area contributed by atoms with Crippen molar-refractivity contribution in [2.75, 3.05) is 7.11 Å². The fourth-order valence-electron chi connectivity index (χ4n) is 1.90. The maximum atomic E-state index is 9.73. The summed E-state index contributed by atoms with van der Waals surface area (Å²) < 4.78 is 5.03. The minimum absolute atomic E-state index is 0.182. The molecule has 0 aliphatic carbocycles. The molecule has 0 spiro atoms. The second-order valence-corrected chi connectivity index (χ2v) is 5.88. The van der Waals surface area contributed by atoms with Crippen LogP contribution in [0.1, 0.15) is 28.3 Å². The number of aryl methyl sites for hydroxylation is 1. The van der Waals surface area contributed by atoms with E-state index in [0.717, 1.165) is 12.1 Å². The first-order valence-electron chi connectivity index (χ1n) is 6.25. The molecule has 0 radical (unpaired) electrons. The number of ether oxygens (including phenoxy) is 1. The monoisotopic (exact) mass is 277 g/mol. The Balaban J connectivity index is 1.97. The van der Waals surface area contributed by atoms with Crippen LogP contribution in [0.3, 0.4) is 0 Å². The molecular weight excluding hydrogens is 258 g/mol. The maximum absolute atomic E-state index is 9.73. The molecule has 0 amide bonds. The predicted octanol–water partition coefficient (Wildman–Crippen LogP) is 3.62. The number of phenolic OH excluding ortho intramolecular Hbond substituents is 1. The lowest BCUT2D eigenvalue weighted by Gasteiger charge is -2.13. The number of nitrogens with one attached hydrogen (secondary N) is 1. The van der Waals surface area contributed by atoms with Gasteiger partial charge in [0.05, 0.1) is 7.11 Å². The number of benzene rings is 1. The van der Waals surface area contributed by atoms with Crippen LogP contribution in [0, 0.1) is 6.92 Å². The van der Waals surface area contributed by atoms with Gasteiger partial charge in [0.15, 0.2) is 11.5 Å². The largest absolute Gasteiger partial charge is 0.504 e. The van der Waals surface area contributed by atoms with Crippen LogP contribution in [0.25, 0.3) is 0 Å². The average Bonchev–Trinajstić information content (AvgIpc) is 2.83. The van der Waals surface area contributed by atoms with E-state index in [-0.39, 0.29) is 5.75 Å². The van der Waals surface area contributed by atoms with Crippen LogP contribution in [-0.4, -0.2) is 12.2 Å². The van der Waals surface area contributed by atoms with Crippen molar-refractivity contribution in [2.24, 2.45) is 0 Å². The summed E-state index contributed by atoms with van der Waals surface area (Å²) in [5.41, 5.74) is 1.04. The van der Waals surface area contributed by atoms with Gasteiger partial charge >= 0.3 is 0 Å². The quantitative estimate of drug-likeness (QED) is 0.877. The summed E-state index contributed by atoms with van der Waals surface area (Å²) in [5.74, 6) is 0.687. The number of methoxy groups -OCH3 is 1. The van der Waals surface area contributed by atoms with Crippen molar-refractivity contribution in [1.82, 2.24) is 5.32 Å². The molecule has 0 aliphatic heterocycles. The molecule has 3 nitrogen and oxygen atoms in total. The van der Waals surface area contributed by atoms with Crippen molar-refractivity contribution in [3.05, 3.63) is 45.6 Å². The molecule has 1 heterocycles. The van der Waals surface area contributed by atoms with Crippen molar-refractivity contribution in [2.45, 2.75) is 26.4 Å². The number of thiophene rings is 1. The first kappa shape index (κ1) is 13.9. The molecule has 0 bridgehead atoms. The number of phenols is 1. The predicted molar refractivity (Wildman–Crippen MR) is 79.0 cm³/mol. The van der Waals surface area contributed by atoms with E-state index in [0.29, 0.717) is 11.8 Å². The Hall–Kier alpha value is -1.52. The van der Waals surface area contributed by atoms with Gasteiger partial charge in [0.2, 0.25) is 0 Å². The fourth-order valence-corrected chi connectivity index (χ4v) is 2.81. The average molecular weight is 277 g/mol. The van der Waals surface area contributed by atoms with E-state index in [1.165, 1.54) is 9.75 Å². The zero-order valence-electron chi connectivity index (χ0n) is 11.4. The van der Waals surface area contributed by atoms with Crippen LogP contribution >= 0.6 is 11.3 Å². The van der Waals surface area contributed by atoms with E-state index >= 15 is 0 Å². The zero-order chi connectivity index (χ0) is 13.8. The molecule has 1 atom stereocenters. The third-order valence-corrected chi connectivity index (χ3v) is 4.23. The molecule has 0 fully saturated rings. The third kappa shape index (κ3) is 3.49. The minimum Gasteiger partial charge on any atom is -0.504 e. The Morgan fingerprint density at radius 3 is 2.68 bits per heavy atom. The van der Waals surface area contributed by atoms with E-state index in [1.807, 2.05) is 17.4 Å². The molecule has 4 heteroatoms. The van der Waals surface area contributed by atoms with E-state index in [1.54, 1.807) is 19.2 Å². The zero-order valence-corrected chi connectivity index (χ0v) is 12.3. The molecule has 2 N–H and O–H groups in total. The lowest BCUT2D eigenvalue weighted by molar-refractivity contribution is 0.373. The van der Waals surface area contributed by atoms with E-state index in [2.05, 4.69) is 31.3 Å². The molecule has 2 rings (SSSR count). The van der Waals surface area contributed by atoms with Crippen molar-refractivity contribution >= 4 is 11.3 Å². The van der Waals surface area contributed by atoms with E-state index in [4.69, 9.17) is 4.74 Å². The van der Waals surface area contributed by atoms with Gasteiger partial charge in [-0.3, -0.25) is 0 Å². The molecule has 1 unspecified atom stereocenters. The van der Waals surface area contributed by atoms with E-state index in [9.17, 15) is 5.11 Å². The van der Waals surface area contributed by atoms with Crippen molar-refractivity contribution in [1.29, 1.82) is 0 Å². The smallest absolute Gasteiger partial charge is 0.160 e. The summed E-state index contributed by atoms with van der Waals surface area (Å²) in [4.78, 5) is 2.65. The van der Waals surface area contributed by atoms with Crippen LogP contribution in [0.5, 0.6) is 11.5 Å². The molecule has 0 saturated carbocycles. The standard InChI is InChI=1S/C15H19NO2S/c1-10-4-7-15(19-10)11(2)16-9-12-5-6-14(18-3)13(17)8-12/h4-8,11,16-17H,9H2,1-3H3. The fraction of sp³-hybridized carbons (Fsp3) is 0.333. The first-order valence-corrected chi connectivity index (χ1v) is 7.07. The van der Waals surface area contributed by atoms with Gasteiger partial charge in [-0.05, 0) is 43.7 Å². The Labute approximate surface area is 117 Å². The Morgan fingerprint density at radius 1 is 1.32 bits per heavy atom. The summed E-state index contributed by atoms with van der Waals surface area (Å²) in [6.07, 6.45) is 0. The van der Waals surface area contributed by atoms with Gasteiger partial charge in [0.1, 0.15) is 0 Å². The summed E-state index contributed by atoms with van der Waals surface area (Å²) in [6, 6.07) is 10.1. The van der Waals surface area contributed by atoms with Crippen LogP contribution in [0.2, 0.25) is 0 Å². The summed E-state index contributed by atoms with van der Waals surface area (Å²) in [6.45, 7) is 4.98. The SMILES string of the molecule is COc1ccc(CNC(C)c2ccc(C)s2)cc1O. The number of hydrogen-bond acceptors (Lipinski definition) is 4. The van der Waals surface area contributed by atoms with Crippen LogP contribution < -0.4 is 10.1 Å². The molecule has 1 aromatic heterocycles. The van der Waals surface area contributed by atoms with Crippen molar-refractivity contribution in [3.63, 3.8) is 0 Å². The maximum Gasteiger partial charge on any atom is 0.160 e. The summed E-state index contributed by atoms with van der Waals surface area (Å²) in [5, 5.41) is 13.2. The Kier molecular flexibility index (Phi) is 4.45. The number of aromatic hydroxyl groups is 1. The lowest BCUT2D eigenvalue weighted by Crippen LogP contribution is -2.17. The van der Waals surface area contributed by atoms with Crippen molar-refractivity contribution < 1.29 is 9.84 Å². The summed E-state index contributed by atoms with van der Waals surface area (Å²) in [7, 11) is 1.55. The van der Waals surface area contributed by atoms with Gasteiger partial charge in [-0.1, -0.05) is 6.07 Å². The highest BCUT2D eigenvalue weighted by molar-refractivity contribution is 7.12. The highest BCUT2D eigenvalue weighted by atomic mass is 32.1. The minimum atomic E-state index is 0.182. The molecule has 102 valence electrons. The number of rotatable bonds is 5. The van der Waals surface area contributed by atoms with Gasteiger partial charge in [-0.15, -0.1) is 11.3 Å². The second-order valence-electron chi connectivity index (χ2n) is 4.56. The first-order chi connectivity index (χ1) is 9.10. The molecule has 0 aliphatic rings. The topological polar surface area (TPSA) is 41.5 Å². The molecule has 2 aromatic rings. The lowest BCUT2D eigenvalue weighted by atomic mass is 10.2.